The molecule has 4 aromatic rings. The highest BCUT2D eigenvalue weighted by Crippen LogP contribution is 2.21. The highest BCUT2D eigenvalue weighted by atomic mass is 35.5. The zero-order chi connectivity index (χ0) is 22.7. The van der Waals surface area contributed by atoms with Gasteiger partial charge in [-0.15, -0.1) is 0 Å². The molecule has 0 bridgehead atoms. The van der Waals surface area contributed by atoms with Gasteiger partial charge in [-0.05, 0) is 31.2 Å². The molecular formula is C22H17ClF2N4O3. The second kappa shape index (κ2) is 9.19. The Bertz CT molecular complexity index is 1250. The maximum Gasteiger partial charge on any atom is 0.279 e. The second-order valence-electron chi connectivity index (χ2n) is 6.86. The summed E-state index contributed by atoms with van der Waals surface area (Å²) in [7, 11) is 0. The second-order valence-corrected chi connectivity index (χ2v) is 7.27. The van der Waals surface area contributed by atoms with E-state index in [1.54, 1.807) is 31.3 Å². The summed E-state index contributed by atoms with van der Waals surface area (Å²) in [4.78, 5) is 12.7. The smallest absolute Gasteiger partial charge is 0.279 e. The molecular weight excluding hydrogens is 442 g/mol. The number of nitrogens with zero attached hydrogens (tertiary/aromatic N) is 3. The lowest BCUT2D eigenvalue weighted by Gasteiger charge is -2.07. The number of rotatable bonds is 7. The Balaban J connectivity index is 1.45. The summed E-state index contributed by atoms with van der Waals surface area (Å²) in [5, 5.41) is 10.9. The van der Waals surface area contributed by atoms with E-state index in [1.165, 1.54) is 35.0 Å². The van der Waals surface area contributed by atoms with Crippen LogP contribution in [0.15, 0.2) is 59.3 Å². The summed E-state index contributed by atoms with van der Waals surface area (Å²) in [6.45, 7) is 1.69. The van der Waals surface area contributed by atoms with Gasteiger partial charge in [0.05, 0.1) is 12.1 Å². The van der Waals surface area contributed by atoms with Crippen molar-refractivity contribution < 1.29 is 22.8 Å². The van der Waals surface area contributed by atoms with E-state index in [2.05, 4.69) is 15.6 Å². The molecule has 0 atom stereocenters. The number of aromatic nitrogens is 3. The Morgan fingerprint density at radius 1 is 1.19 bits per heavy atom. The molecule has 0 radical (unpaired) electrons. The highest BCUT2D eigenvalue weighted by Gasteiger charge is 2.21. The molecule has 0 fully saturated rings. The van der Waals surface area contributed by atoms with Gasteiger partial charge in [-0.25, -0.2) is 8.78 Å². The zero-order valence-corrected chi connectivity index (χ0v) is 17.6. The van der Waals surface area contributed by atoms with Crippen LogP contribution in [-0.4, -0.2) is 20.8 Å². The lowest BCUT2D eigenvalue weighted by atomic mass is 10.2. The number of anilines is 1. The van der Waals surface area contributed by atoms with Crippen LogP contribution in [0.2, 0.25) is 5.02 Å². The molecule has 0 aliphatic heterocycles. The zero-order valence-electron chi connectivity index (χ0n) is 16.8. The van der Waals surface area contributed by atoms with Crippen molar-refractivity contribution in [2.45, 2.75) is 20.1 Å². The number of nitrogens with one attached hydrogen (secondary N) is 1. The lowest BCUT2D eigenvalue weighted by Crippen LogP contribution is -2.16. The van der Waals surface area contributed by atoms with Crippen LogP contribution in [0.1, 0.15) is 27.4 Å². The third kappa shape index (κ3) is 4.78. The molecule has 0 aliphatic rings. The molecule has 2 aromatic carbocycles. The van der Waals surface area contributed by atoms with E-state index in [-0.39, 0.29) is 29.7 Å². The van der Waals surface area contributed by atoms with Gasteiger partial charge in [0.2, 0.25) is 0 Å². The largest absolute Gasteiger partial charge is 0.489 e. The Kier molecular flexibility index (Phi) is 6.18. The van der Waals surface area contributed by atoms with Crippen LogP contribution in [-0.2, 0) is 13.2 Å². The number of benzene rings is 2. The molecule has 7 nitrogen and oxygen atoms in total. The van der Waals surface area contributed by atoms with Gasteiger partial charge in [0, 0.05) is 28.9 Å². The minimum atomic E-state index is -0.561. The number of aryl methyl sites for hydroxylation is 1. The van der Waals surface area contributed by atoms with Gasteiger partial charge < -0.3 is 14.6 Å². The summed E-state index contributed by atoms with van der Waals surface area (Å²) in [5.74, 6) is -0.503. The van der Waals surface area contributed by atoms with Crippen LogP contribution in [0.25, 0.3) is 0 Å². The topological polar surface area (TPSA) is 82.2 Å². The molecule has 1 amide bonds. The molecule has 2 aromatic heterocycles. The summed E-state index contributed by atoms with van der Waals surface area (Å²) < 4.78 is 39.5. The minimum Gasteiger partial charge on any atom is -0.489 e. The predicted molar refractivity (Wildman–Crippen MR) is 113 cm³/mol. The summed E-state index contributed by atoms with van der Waals surface area (Å²) in [6.07, 6.45) is 1.58. The van der Waals surface area contributed by atoms with Gasteiger partial charge >= 0.3 is 0 Å². The van der Waals surface area contributed by atoms with E-state index in [4.69, 9.17) is 20.9 Å². The number of ether oxygens (including phenoxy) is 1. The van der Waals surface area contributed by atoms with Crippen molar-refractivity contribution >= 4 is 23.3 Å². The first-order chi connectivity index (χ1) is 15.4. The standard InChI is InChI=1S/C22H17ClF2N4O3/c1-13-17(12-31-15-5-2-4-14(24)10-15)21(28-32-13)22(30)26-20-8-9-29(27-20)11-16-18(23)6-3-7-19(16)25/h2-10H,11-12H2,1H3,(H,26,27,30). The van der Waals surface area contributed by atoms with E-state index in [0.29, 0.717) is 22.6 Å². The Morgan fingerprint density at radius 2 is 2.00 bits per heavy atom. The van der Waals surface area contributed by atoms with Crippen LogP contribution in [0, 0.1) is 18.6 Å². The average molecular weight is 459 g/mol. The van der Waals surface area contributed by atoms with Crippen LogP contribution in [0.3, 0.4) is 0 Å². The molecule has 164 valence electrons. The van der Waals surface area contributed by atoms with Crippen LogP contribution >= 0.6 is 11.6 Å². The quantitative estimate of drug-likeness (QED) is 0.422. The Hall–Kier alpha value is -3.72. The van der Waals surface area contributed by atoms with Crippen molar-refractivity contribution in [3.8, 4) is 5.75 Å². The SMILES string of the molecule is Cc1onc(C(=O)Nc2ccn(Cc3c(F)cccc3Cl)n2)c1COc1cccc(F)c1. The molecule has 32 heavy (non-hydrogen) atoms. The summed E-state index contributed by atoms with van der Waals surface area (Å²) >= 11 is 6.05. The number of carbonyl (C=O) groups is 1. The fourth-order valence-corrected chi connectivity index (χ4v) is 3.21. The monoisotopic (exact) mass is 458 g/mol. The number of amides is 1. The Morgan fingerprint density at radius 3 is 2.78 bits per heavy atom. The minimum absolute atomic E-state index is 0.0191. The van der Waals surface area contributed by atoms with Crippen LogP contribution < -0.4 is 10.1 Å². The van der Waals surface area contributed by atoms with Crippen molar-refractivity contribution in [3.63, 3.8) is 0 Å². The maximum absolute atomic E-state index is 14.0. The molecule has 0 unspecified atom stereocenters. The average Bonchev–Trinajstić information content (AvgIpc) is 3.35. The number of hydrogen-bond donors (Lipinski definition) is 1. The van der Waals surface area contributed by atoms with Crippen LogP contribution in [0.5, 0.6) is 5.75 Å². The fourth-order valence-electron chi connectivity index (χ4n) is 2.99. The van der Waals surface area contributed by atoms with Gasteiger partial charge in [-0.2, -0.15) is 5.10 Å². The number of halogens is 3. The molecule has 0 aliphatic carbocycles. The van der Waals surface area contributed by atoms with E-state index in [1.807, 2.05) is 0 Å². The summed E-state index contributed by atoms with van der Waals surface area (Å²) in [6, 6.07) is 11.6. The Labute approximate surface area is 186 Å². The number of hydrogen-bond acceptors (Lipinski definition) is 5. The lowest BCUT2D eigenvalue weighted by molar-refractivity contribution is 0.101. The first-order valence-electron chi connectivity index (χ1n) is 9.52. The van der Waals surface area contributed by atoms with Crippen molar-refractivity contribution in [1.29, 1.82) is 0 Å². The maximum atomic E-state index is 14.0. The van der Waals surface area contributed by atoms with Gasteiger partial charge in [0.1, 0.15) is 29.8 Å². The molecule has 10 heteroatoms. The van der Waals surface area contributed by atoms with E-state index in [9.17, 15) is 13.6 Å². The van der Waals surface area contributed by atoms with Gasteiger partial charge in [0.25, 0.3) is 5.91 Å². The molecule has 2 heterocycles. The number of carbonyl (C=O) groups excluding carboxylic acids is 1. The first-order valence-corrected chi connectivity index (χ1v) is 9.89. The normalized spacial score (nSPS) is 10.9. The first kappa shape index (κ1) is 21.5. The van der Waals surface area contributed by atoms with Crippen molar-refractivity contribution in [2.24, 2.45) is 0 Å². The van der Waals surface area contributed by atoms with Crippen LogP contribution in [0.4, 0.5) is 14.6 Å². The highest BCUT2D eigenvalue weighted by molar-refractivity contribution is 6.31. The molecule has 0 saturated carbocycles. The van der Waals surface area contributed by atoms with E-state index in [0.717, 1.165) is 0 Å². The van der Waals surface area contributed by atoms with Gasteiger partial charge in [-0.1, -0.05) is 28.9 Å². The van der Waals surface area contributed by atoms with Crippen molar-refractivity contribution in [3.05, 3.63) is 94.0 Å². The third-order valence-electron chi connectivity index (χ3n) is 4.64. The molecule has 0 spiro atoms. The van der Waals surface area contributed by atoms with E-state index >= 15 is 0 Å². The fraction of sp³-hybridized carbons (Fsp3) is 0.136. The van der Waals surface area contributed by atoms with Gasteiger partial charge in [-0.3, -0.25) is 9.48 Å². The molecule has 0 saturated heterocycles. The molecule has 4 rings (SSSR count). The van der Waals surface area contributed by atoms with Crippen molar-refractivity contribution in [1.82, 2.24) is 14.9 Å². The third-order valence-corrected chi connectivity index (χ3v) is 5.00. The van der Waals surface area contributed by atoms with Crippen molar-refractivity contribution in [2.75, 3.05) is 5.32 Å². The molecule has 1 N–H and O–H groups in total. The van der Waals surface area contributed by atoms with Gasteiger partial charge in [0.15, 0.2) is 11.5 Å². The van der Waals surface area contributed by atoms with E-state index < -0.39 is 17.5 Å². The summed E-state index contributed by atoms with van der Waals surface area (Å²) in [5.41, 5.74) is 0.731. The predicted octanol–water partition coefficient (Wildman–Crippen LogP) is 4.99.